The van der Waals surface area contributed by atoms with Gasteiger partial charge in [-0.1, -0.05) is 119 Å². The van der Waals surface area contributed by atoms with Gasteiger partial charge < -0.3 is 4.57 Å². The highest BCUT2D eigenvalue weighted by molar-refractivity contribution is 6.12. The molecule has 0 saturated carbocycles. The summed E-state index contributed by atoms with van der Waals surface area (Å²) in [6.45, 7) is 25.9. The molecule has 0 aliphatic rings. The largest absolute Gasteiger partial charge is 0.308 e. The molecule has 7 rings (SSSR count). The third kappa shape index (κ3) is 10.0. The average Bonchev–Trinajstić information content (AvgIpc) is 3.52. The third-order valence-electron chi connectivity index (χ3n) is 9.58. The number of rotatable bonds is 6. The average molecular weight is 758 g/mol. The minimum Gasteiger partial charge on any atom is -0.308 e. The van der Waals surface area contributed by atoms with Crippen molar-refractivity contribution in [3.05, 3.63) is 185 Å². The summed E-state index contributed by atoms with van der Waals surface area (Å²) in [5.74, 6) is 0.468. The van der Waals surface area contributed by atoms with E-state index in [-0.39, 0.29) is 0 Å². The predicted octanol–water partition coefficient (Wildman–Crippen LogP) is 14.2. The monoisotopic (exact) mass is 757 g/mol. The van der Waals surface area contributed by atoms with Crippen LogP contribution in [-0.4, -0.2) is 14.5 Å². The van der Waals surface area contributed by atoms with Crippen molar-refractivity contribution in [2.75, 3.05) is 0 Å². The highest BCUT2D eigenvalue weighted by Gasteiger charge is 2.18. The molecule has 288 valence electrons. The van der Waals surface area contributed by atoms with Gasteiger partial charge in [-0.3, -0.25) is 0 Å². The van der Waals surface area contributed by atoms with Crippen LogP contribution in [-0.2, 0) is 0 Å². The zero-order chi connectivity index (χ0) is 42.1. The number of hydrogen-bond acceptors (Lipinski definition) is 4. The van der Waals surface area contributed by atoms with Gasteiger partial charge in [-0.2, -0.15) is 10.5 Å². The Morgan fingerprint density at radius 2 is 1.10 bits per heavy atom. The van der Waals surface area contributed by atoms with Gasteiger partial charge in [0.15, 0.2) is 5.82 Å². The van der Waals surface area contributed by atoms with Crippen LogP contribution in [0.4, 0.5) is 0 Å². The number of nitriles is 2. The molecule has 0 spiro atoms. The lowest BCUT2D eigenvalue weighted by atomic mass is 9.97. The zero-order valence-corrected chi connectivity index (χ0v) is 35.2. The van der Waals surface area contributed by atoms with Gasteiger partial charge in [0.05, 0.1) is 27.8 Å². The molecule has 0 N–H and O–H groups in total. The predicted molar refractivity (Wildman–Crippen MR) is 245 cm³/mol. The Morgan fingerprint density at radius 1 is 0.621 bits per heavy atom. The summed E-state index contributed by atoms with van der Waals surface area (Å²) >= 11 is 0. The van der Waals surface area contributed by atoms with E-state index in [9.17, 15) is 5.26 Å². The van der Waals surface area contributed by atoms with E-state index in [1.54, 1.807) is 0 Å². The van der Waals surface area contributed by atoms with E-state index in [2.05, 4.69) is 154 Å². The first-order chi connectivity index (χ1) is 27.7. The maximum absolute atomic E-state index is 10.4. The van der Waals surface area contributed by atoms with Crippen molar-refractivity contribution < 1.29 is 0 Å². The highest BCUT2D eigenvalue weighted by atomic mass is 15.0. The molecule has 0 atom stereocenters. The summed E-state index contributed by atoms with van der Waals surface area (Å²) in [4.78, 5) is 8.68. The number of aryl methyl sites for hydroxylation is 4. The maximum atomic E-state index is 10.4. The molecule has 5 aromatic carbocycles. The normalized spacial score (nSPS) is 10.7. The van der Waals surface area contributed by atoms with Crippen LogP contribution in [0.1, 0.15) is 68.0 Å². The number of fused-ring (bicyclic) bond motifs is 3. The number of nitrogens with zero attached hydrogens (tertiary/aromatic N) is 5. The number of aromatic nitrogens is 3. The summed E-state index contributed by atoms with van der Waals surface area (Å²) in [7, 11) is 0. The van der Waals surface area contributed by atoms with Crippen LogP contribution < -0.4 is 0 Å². The SMILES string of the molecule is C=C(C)C=C(C)C.C=C/C(C)=C\C.Cc1cc(C)cc(-c2ccc3c(c2)c2cc(-c4cc(C)cc(C)c4)ccc2n3-c2ccc(-c3ncc(C#N)cn3)cc2C#N)c1. The van der Waals surface area contributed by atoms with E-state index < -0.39 is 0 Å². The van der Waals surface area contributed by atoms with E-state index in [1.165, 1.54) is 56.9 Å². The second-order valence-corrected chi connectivity index (χ2v) is 15.1. The first-order valence-electron chi connectivity index (χ1n) is 19.3. The minimum atomic E-state index is 0.390. The fraction of sp³-hybridized carbons (Fsp3) is 0.170. The fourth-order valence-corrected chi connectivity index (χ4v) is 7.03. The number of hydrogen-bond donors (Lipinski definition) is 0. The van der Waals surface area contributed by atoms with E-state index in [4.69, 9.17) is 5.26 Å². The van der Waals surface area contributed by atoms with Gasteiger partial charge in [0, 0.05) is 28.7 Å². The summed E-state index contributed by atoms with van der Waals surface area (Å²) in [6, 6.07) is 36.7. The van der Waals surface area contributed by atoms with Crippen molar-refractivity contribution in [3.8, 4) is 51.5 Å². The maximum Gasteiger partial charge on any atom is 0.159 e. The van der Waals surface area contributed by atoms with Crippen molar-refractivity contribution in [3.63, 3.8) is 0 Å². The molecule has 0 saturated heterocycles. The summed E-state index contributed by atoms with van der Waals surface area (Å²) < 4.78 is 2.18. The highest BCUT2D eigenvalue weighted by Crippen LogP contribution is 2.39. The van der Waals surface area contributed by atoms with Crippen LogP contribution in [0.15, 0.2) is 151 Å². The lowest BCUT2D eigenvalue weighted by molar-refractivity contribution is 1.14. The van der Waals surface area contributed by atoms with Gasteiger partial charge in [0.25, 0.3) is 0 Å². The molecule has 0 bridgehead atoms. The summed E-state index contributed by atoms with van der Waals surface area (Å²) in [6.07, 6.45) is 8.90. The van der Waals surface area contributed by atoms with Crippen LogP contribution in [0.25, 0.3) is 61.1 Å². The summed E-state index contributed by atoms with van der Waals surface area (Å²) in [5, 5.41) is 21.7. The summed E-state index contributed by atoms with van der Waals surface area (Å²) in [5.41, 5.74) is 17.7. The van der Waals surface area contributed by atoms with Crippen LogP contribution in [0.3, 0.4) is 0 Å². The van der Waals surface area contributed by atoms with Crippen molar-refractivity contribution in [2.45, 2.75) is 62.3 Å². The van der Waals surface area contributed by atoms with Crippen molar-refractivity contribution in [2.24, 2.45) is 0 Å². The molecule has 0 amide bonds. The van der Waals surface area contributed by atoms with Crippen LogP contribution >= 0.6 is 0 Å². The van der Waals surface area contributed by atoms with E-state index in [0.29, 0.717) is 17.0 Å². The first kappa shape index (κ1) is 42.1. The standard InChI is InChI=1S/C40H29N5.C7H12.C6H10/c1-24-11-25(2)14-32(13-24)29-5-9-38-35(18-29)36-19-30(33-15-26(3)12-27(4)16-33)6-10-39(36)45(38)37-8-7-31(17-34(37)21-42)40-43-22-28(20-41)23-44-40;1-6(2)5-7(3)4;1-4-6(3)5-2/h5-19,22-23H,1-4H3;5H,1H2,2-4H3;4-5H,1H2,2-3H3/b;;6-5-. The van der Waals surface area contributed by atoms with E-state index in [1.807, 2.05) is 57.2 Å². The molecule has 0 radical (unpaired) electrons. The Morgan fingerprint density at radius 3 is 1.47 bits per heavy atom. The lowest BCUT2D eigenvalue weighted by Gasteiger charge is -2.12. The Hall–Kier alpha value is -7.08. The molecule has 0 unspecified atom stereocenters. The van der Waals surface area contributed by atoms with Gasteiger partial charge >= 0.3 is 0 Å². The van der Waals surface area contributed by atoms with Crippen molar-refractivity contribution in [1.82, 2.24) is 14.5 Å². The molecule has 5 heteroatoms. The minimum absolute atomic E-state index is 0.390. The van der Waals surface area contributed by atoms with Crippen molar-refractivity contribution >= 4 is 21.8 Å². The first-order valence-corrected chi connectivity index (χ1v) is 19.3. The molecule has 0 aliphatic carbocycles. The van der Waals surface area contributed by atoms with Crippen LogP contribution in [0, 0.1) is 50.4 Å². The Balaban J connectivity index is 0.000000427. The second-order valence-electron chi connectivity index (χ2n) is 15.1. The molecule has 2 aromatic heterocycles. The van der Waals surface area contributed by atoms with Gasteiger partial charge in [0.1, 0.15) is 12.1 Å². The van der Waals surface area contributed by atoms with Gasteiger partial charge in [-0.05, 0) is 127 Å². The fourth-order valence-electron chi connectivity index (χ4n) is 7.03. The Bertz CT molecular complexity index is 2660. The molecule has 7 aromatic rings. The molecule has 0 fully saturated rings. The van der Waals surface area contributed by atoms with Crippen molar-refractivity contribution in [1.29, 1.82) is 10.5 Å². The zero-order valence-electron chi connectivity index (χ0n) is 35.2. The van der Waals surface area contributed by atoms with Gasteiger partial charge in [0.2, 0.25) is 0 Å². The second kappa shape index (κ2) is 18.7. The molecule has 0 aliphatic heterocycles. The topological polar surface area (TPSA) is 78.3 Å². The Kier molecular flexibility index (Phi) is 13.6. The molecular weight excluding hydrogens is 707 g/mol. The van der Waals surface area contributed by atoms with Crippen LogP contribution in [0.2, 0.25) is 0 Å². The van der Waals surface area contributed by atoms with Crippen LogP contribution in [0.5, 0.6) is 0 Å². The molecular formula is C53H51N5. The quantitative estimate of drug-likeness (QED) is 0.158. The van der Waals surface area contributed by atoms with Gasteiger partial charge in [-0.15, -0.1) is 0 Å². The lowest BCUT2D eigenvalue weighted by Crippen LogP contribution is -1.99. The van der Waals surface area contributed by atoms with Gasteiger partial charge in [-0.25, -0.2) is 9.97 Å². The third-order valence-corrected chi connectivity index (χ3v) is 9.58. The molecule has 2 heterocycles. The number of benzene rings is 5. The van der Waals surface area contributed by atoms with E-state index >= 15 is 0 Å². The smallest absolute Gasteiger partial charge is 0.159 e. The number of allylic oxidation sites excluding steroid dienone is 6. The molecule has 58 heavy (non-hydrogen) atoms. The Labute approximate surface area is 344 Å². The molecule has 5 nitrogen and oxygen atoms in total. The van der Waals surface area contributed by atoms with E-state index in [0.717, 1.165) is 49.8 Å².